The lowest BCUT2D eigenvalue weighted by molar-refractivity contribution is -0.116. The summed E-state index contributed by atoms with van der Waals surface area (Å²) >= 11 is 1.42. The lowest BCUT2D eigenvalue weighted by Crippen LogP contribution is -2.33. The van der Waals surface area contributed by atoms with Crippen LogP contribution in [-0.2, 0) is 11.8 Å². The van der Waals surface area contributed by atoms with Crippen LogP contribution in [0.1, 0.15) is 30.4 Å². The summed E-state index contributed by atoms with van der Waals surface area (Å²) in [5, 5.41) is 3.27. The predicted octanol–water partition coefficient (Wildman–Crippen LogP) is 2.51. The van der Waals surface area contributed by atoms with Crippen molar-refractivity contribution >= 4 is 23.5 Å². The Morgan fingerprint density at radius 1 is 1.39 bits per heavy atom. The Labute approximate surface area is 136 Å². The molecule has 1 aromatic heterocycles. The Morgan fingerprint density at radius 2 is 2.13 bits per heavy atom. The fourth-order valence-corrected chi connectivity index (χ4v) is 3.51. The van der Waals surface area contributed by atoms with Crippen LogP contribution in [-0.4, -0.2) is 21.2 Å². The second kappa shape index (κ2) is 6.16. The van der Waals surface area contributed by atoms with Gasteiger partial charge >= 0.3 is 0 Å². The zero-order valence-corrected chi connectivity index (χ0v) is 13.6. The molecule has 0 saturated carbocycles. The molecule has 0 aliphatic carbocycles. The van der Waals surface area contributed by atoms with Gasteiger partial charge in [-0.3, -0.25) is 9.59 Å². The topological polar surface area (TPSA) is 64.0 Å². The molecule has 3 rings (SSSR count). The van der Waals surface area contributed by atoms with Crippen molar-refractivity contribution in [2.24, 2.45) is 7.05 Å². The Hall–Kier alpha value is -2.15. The lowest BCUT2D eigenvalue weighted by Gasteiger charge is -2.27. The number of aromatic nitrogens is 2. The number of carbonyl (C=O) groups excluding carboxylic acids is 1. The summed E-state index contributed by atoms with van der Waals surface area (Å²) in [6, 6.07) is 6.22. The molecule has 23 heavy (non-hydrogen) atoms. The molecule has 1 aliphatic rings. The van der Waals surface area contributed by atoms with Crippen LogP contribution in [0, 0.1) is 5.82 Å². The van der Waals surface area contributed by atoms with Gasteiger partial charge in [0.1, 0.15) is 11.6 Å². The lowest BCUT2D eigenvalue weighted by atomic mass is 9.86. The van der Waals surface area contributed by atoms with Crippen molar-refractivity contribution in [1.82, 2.24) is 9.55 Å². The van der Waals surface area contributed by atoms with Crippen molar-refractivity contribution in [3.8, 4) is 0 Å². The van der Waals surface area contributed by atoms with Crippen LogP contribution >= 0.6 is 11.8 Å². The molecule has 120 valence electrons. The standard InChI is InChI=1S/C16H16FN3O2S/c1-3-23-16-19-15(22)13-10(9-6-4-5-7-11(9)17)8-12(21)18-14(13)20(16)2/h4-7,10H,3,8H2,1-2H3,(H,18,21). The molecule has 1 unspecified atom stereocenters. The molecule has 1 aliphatic heterocycles. The minimum atomic E-state index is -0.619. The van der Waals surface area contributed by atoms with E-state index in [2.05, 4.69) is 10.3 Å². The van der Waals surface area contributed by atoms with E-state index >= 15 is 0 Å². The first-order valence-corrected chi connectivity index (χ1v) is 8.29. The van der Waals surface area contributed by atoms with Gasteiger partial charge in [0, 0.05) is 19.4 Å². The molecule has 1 aromatic carbocycles. The van der Waals surface area contributed by atoms with Crippen molar-refractivity contribution in [3.05, 3.63) is 51.6 Å². The van der Waals surface area contributed by atoms with Crippen LogP contribution in [0.25, 0.3) is 0 Å². The van der Waals surface area contributed by atoms with Gasteiger partial charge in [-0.05, 0) is 17.4 Å². The average molecular weight is 333 g/mol. The first kappa shape index (κ1) is 15.7. The van der Waals surface area contributed by atoms with Crippen LogP contribution in [0.3, 0.4) is 0 Å². The Bertz CT molecular complexity index is 835. The second-order valence-corrected chi connectivity index (χ2v) is 6.51. The van der Waals surface area contributed by atoms with Crippen LogP contribution in [0.2, 0.25) is 0 Å². The first-order chi connectivity index (χ1) is 11.0. The molecule has 0 radical (unpaired) electrons. The smallest absolute Gasteiger partial charge is 0.279 e. The fraction of sp³-hybridized carbons (Fsp3) is 0.312. The van der Waals surface area contributed by atoms with Gasteiger partial charge in [0.05, 0.1) is 5.56 Å². The van der Waals surface area contributed by atoms with Gasteiger partial charge in [0.15, 0.2) is 5.16 Å². The number of carbonyl (C=O) groups is 1. The molecule has 5 nitrogen and oxygen atoms in total. The van der Waals surface area contributed by atoms with E-state index in [9.17, 15) is 14.0 Å². The third-order valence-corrected chi connectivity index (χ3v) is 4.77. The van der Waals surface area contributed by atoms with E-state index in [4.69, 9.17) is 0 Å². The molecule has 2 heterocycles. The SMILES string of the molecule is CCSc1nc(=O)c2c(n1C)NC(=O)CC2c1ccccc1F. The van der Waals surface area contributed by atoms with Gasteiger partial charge in [0.2, 0.25) is 5.91 Å². The quantitative estimate of drug-likeness (QED) is 0.692. The van der Waals surface area contributed by atoms with E-state index in [1.807, 2.05) is 6.92 Å². The summed E-state index contributed by atoms with van der Waals surface area (Å²) in [5.41, 5.74) is 0.276. The third-order valence-electron chi connectivity index (χ3n) is 3.85. The number of thioether (sulfide) groups is 1. The van der Waals surface area contributed by atoms with E-state index in [1.165, 1.54) is 17.8 Å². The van der Waals surface area contributed by atoms with E-state index < -0.39 is 17.3 Å². The molecular formula is C16H16FN3O2S. The number of hydrogen-bond donors (Lipinski definition) is 1. The van der Waals surface area contributed by atoms with Gasteiger partial charge < -0.3 is 9.88 Å². The summed E-state index contributed by atoms with van der Waals surface area (Å²) in [4.78, 5) is 28.7. The number of hydrogen-bond acceptors (Lipinski definition) is 4. The Balaban J connectivity index is 2.23. The summed E-state index contributed by atoms with van der Waals surface area (Å²) in [6.45, 7) is 1.96. The number of amides is 1. The third kappa shape index (κ3) is 2.76. The number of rotatable bonds is 3. The molecule has 2 aromatic rings. The van der Waals surface area contributed by atoms with E-state index in [0.29, 0.717) is 22.1 Å². The van der Waals surface area contributed by atoms with Crippen LogP contribution in [0.4, 0.5) is 10.2 Å². The maximum absolute atomic E-state index is 14.2. The maximum atomic E-state index is 14.2. The summed E-state index contributed by atoms with van der Waals surface area (Å²) < 4.78 is 15.9. The average Bonchev–Trinajstić information content (AvgIpc) is 2.52. The first-order valence-electron chi connectivity index (χ1n) is 7.31. The molecule has 0 spiro atoms. The number of fused-ring (bicyclic) bond motifs is 1. The predicted molar refractivity (Wildman–Crippen MR) is 87.4 cm³/mol. The molecule has 0 saturated heterocycles. The van der Waals surface area contributed by atoms with E-state index in [1.54, 1.807) is 29.8 Å². The van der Waals surface area contributed by atoms with Crippen LogP contribution < -0.4 is 10.9 Å². The number of halogens is 1. The Kier molecular flexibility index (Phi) is 4.21. The number of benzene rings is 1. The molecule has 0 bridgehead atoms. The highest BCUT2D eigenvalue weighted by molar-refractivity contribution is 7.99. The Morgan fingerprint density at radius 3 is 2.83 bits per heavy atom. The summed E-state index contributed by atoms with van der Waals surface area (Å²) in [7, 11) is 1.74. The fourth-order valence-electron chi connectivity index (χ4n) is 2.82. The van der Waals surface area contributed by atoms with Crippen molar-refractivity contribution in [2.45, 2.75) is 24.4 Å². The molecule has 7 heteroatoms. The monoisotopic (exact) mass is 333 g/mol. The molecular weight excluding hydrogens is 317 g/mol. The highest BCUT2D eigenvalue weighted by atomic mass is 32.2. The van der Waals surface area contributed by atoms with Gasteiger partial charge in [-0.15, -0.1) is 0 Å². The van der Waals surface area contributed by atoms with E-state index in [0.717, 1.165) is 5.75 Å². The summed E-state index contributed by atoms with van der Waals surface area (Å²) in [6.07, 6.45) is 0.0329. The maximum Gasteiger partial charge on any atom is 0.279 e. The van der Waals surface area contributed by atoms with Gasteiger partial charge in [0.25, 0.3) is 5.56 Å². The second-order valence-electron chi connectivity index (χ2n) is 5.28. The van der Waals surface area contributed by atoms with Crippen LogP contribution in [0.15, 0.2) is 34.2 Å². The minimum absolute atomic E-state index is 0.0329. The summed E-state index contributed by atoms with van der Waals surface area (Å²) in [5.74, 6) is -0.118. The van der Waals surface area contributed by atoms with Crippen molar-refractivity contribution in [1.29, 1.82) is 0 Å². The molecule has 1 amide bonds. The van der Waals surface area contributed by atoms with Gasteiger partial charge in [-0.2, -0.15) is 4.98 Å². The molecule has 0 fully saturated rings. The van der Waals surface area contributed by atoms with Crippen LogP contribution in [0.5, 0.6) is 0 Å². The van der Waals surface area contributed by atoms with E-state index in [-0.39, 0.29) is 12.3 Å². The van der Waals surface area contributed by atoms with Gasteiger partial charge in [-0.1, -0.05) is 36.9 Å². The molecule has 1 N–H and O–H groups in total. The van der Waals surface area contributed by atoms with Crippen molar-refractivity contribution < 1.29 is 9.18 Å². The highest BCUT2D eigenvalue weighted by Crippen LogP contribution is 2.36. The van der Waals surface area contributed by atoms with Gasteiger partial charge in [-0.25, -0.2) is 4.39 Å². The molecule has 1 atom stereocenters. The zero-order valence-electron chi connectivity index (χ0n) is 12.8. The largest absolute Gasteiger partial charge is 0.312 e. The minimum Gasteiger partial charge on any atom is -0.312 e. The number of anilines is 1. The highest BCUT2D eigenvalue weighted by Gasteiger charge is 2.33. The van der Waals surface area contributed by atoms with Crippen molar-refractivity contribution in [2.75, 3.05) is 11.1 Å². The van der Waals surface area contributed by atoms with Crippen molar-refractivity contribution in [3.63, 3.8) is 0 Å². The normalized spacial score (nSPS) is 16.8. The zero-order chi connectivity index (χ0) is 16.6. The number of nitrogens with one attached hydrogen (secondary N) is 1. The number of nitrogens with zero attached hydrogens (tertiary/aromatic N) is 2.